The number of aryl methyl sites for hydroxylation is 2. The second-order valence-electron chi connectivity index (χ2n) is 5.37. The molecule has 0 spiro atoms. The summed E-state index contributed by atoms with van der Waals surface area (Å²) in [5, 5.41) is 11.5. The van der Waals surface area contributed by atoms with Crippen molar-refractivity contribution >= 4 is 23.2 Å². The molecule has 0 radical (unpaired) electrons. The van der Waals surface area contributed by atoms with Crippen LogP contribution in [0.3, 0.4) is 0 Å². The van der Waals surface area contributed by atoms with Gasteiger partial charge in [0.05, 0.1) is 0 Å². The minimum Gasteiger partial charge on any atom is -0.421 e. The Bertz CT molecular complexity index is 843. The van der Waals surface area contributed by atoms with E-state index in [2.05, 4.69) is 15.5 Å². The average Bonchev–Trinajstić information content (AvgIpc) is 3.04. The van der Waals surface area contributed by atoms with E-state index >= 15 is 0 Å². The second-order valence-corrected chi connectivity index (χ2v) is 5.81. The Morgan fingerprint density at radius 3 is 2.62 bits per heavy atom. The number of nitrogens with zero attached hydrogens (tertiary/aromatic N) is 2. The molecule has 3 rings (SSSR count). The number of amides is 1. The Morgan fingerprint density at radius 2 is 1.88 bits per heavy atom. The first-order valence-corrected chi connectivity index (χ1v) is 7.93. The van der Waals surface area contributed by atoms with Gasteiger partial charge in [-0.25, -0.2) is 0 Å². The molecular weight excluding hydrogens is 326 g/mol. The van der Waals surface area contributed by atoms with Gasteiger partial charge in [0.1, 0.15) is 0 Å². The molecule has 0 unspecified atom stereocenters. The van der Waals surface area contributed by atoms with Gasteiger partial charge in [-0.15, -0.1) is 10.2 Å². The summed E-state index contributed by atoms with van der Waals surface area (Å²) < 4.78 is 5.65. The van der Waals surface area contributed by atoms with Crippen molar-refractivity contribution in [1.82, 2.24) is 10.2 Å². The summed E-state index contributed by atoms with van der Waals surface area (Å²) in [6, 6.07) is 14.8. The van der Waals surface area contributed by atoms with Crippen LogP contribution in [0.1, 0.15) is 17.9 Å². The van der Waals surface area contributed by atoms with E-state index in [1.54, 1.807) is 24.3 Å². The van der Waals surface area contributed by atoms with Gasteiger partial charge in [-0.1, -0.05) is 29.8 Å². The smallest absolute Gasteiger partial charge is 0.247 e. The molecule has 1 amide bonds. The minimum atomic E-state index is -0.118. The molecule has 2 aromatic carbocycles. The van der Waals surface area contributed by atoms with Gasteiger partial charge in [-0.05, 0) is 42.8 Å². The summed E-state index contributed by atoms with van der Waals surface area (Å²) in [7, 11) is 0. The van der Waals surface area contributed by atoms with Crippen LogP contribution in [-0.2, 0) is 11.2 Å². The molecule has 0 bridgehead atoms. The van der Waals surface area contributed by atoms with E-state index in [9.17, 15) is 4.79 Å². The summed E-state index contributed by atoms with van der Waals surface area (Å²) in [6.45, 7) is 1.98. The molecule has 0 aliphatic rings. The van der Waals surface area contributed by atoms with Crippen molar-refractivity contribution in [3.8, 4) is 11.5 Å². The lowest BCUT2D eigenvalue weighted by Gasteiger charge is -2.04. The van der Waals surface area contributed by atoms with E-state index in [0.717, 1.165) is 11.1 Å². The topological polar surface area (TPSA) is 68.0 Å². The van der Waals surface area contributed by atoms with Gasteiger partial charge in [0, 0.05) is 29.1 Å². The third-order valence-corrected chi connectivity index (χ3v) is 3.79. The van der Waals surface area contributed by atoms with Crippen molar-refractivity contribution in [2.24, 2.45) is 0 Å². The number of carbonyl (C=O) groups excluding carboxylic acids is 1. The Labute approximate surface area is 144 Å². The standard InChI is InChI=1S/C18H16ClN3O2/c1-12-4-2-3-5-15(12)18-22-21-17(24-18)11-10-16(23)20-14-8-6-13(19)7-9-14/h2-9H,10-11H2,1H3,(H,20,23). The van der Waals surface area contributed by atoms with Gasteiger partial charge < -0.3 is 9.73 Å². The number of halogens is 1. The highest BCUT2D eigenvalue weighted by atomic mass is 35.5. The fraction of sp³-hybridized carbons (Fsp3) is 0.167. The second kappa shape index (κ2) is 7.27. The van der Waals surface area contributed by atoms with Crippen molar-refractivity contribution in [3.63, 3.8) is 0 Å². The molecular formula is C18H16ClN3O2. The molecule has 24 heavy (non-hydrogen) atoms. The van der Waals surface area contributed by atoms with Gasteiger partial charge in [0.15, 0.2) is 0 Å². The molecule has 3 aromatic rings. The average molecular weight is 342 g/mol. The zero-order valence-electron chi connectivity index (χ0n) is 13.1. The van der Waals surface area contributed by atoms with Gasteiger partial charge in [0.25, 0.3) is 0 Å². The predicted octanol–water partition coefficient (Wildman–Crippen LogP) is 4.27. The van der Waals surface area contributed by atoms with Crippen LogP contribution < -0.4 is 5.32 Å². The monoisotopic (exact) mass is 341 g/mol. The number of anilines is 1. The van der Waals surface area contributed by atoms with Crippen LogP contribution in [0.15, 0.2) is 52.9 Å². The van der Waals surface area contributed by atoms with Gasteiger partial charge in [-0.2, -0.15) is 0 Å². The summed E-state index contributed by atoms with van der Waals surface area (Å²) >= 11 is 5.81. The number of carbonyl (C=O) groups is 1. The molecule has 1 heterocycles. The quantitative estimate of drug-likeness (QED) is 0.752. The van der Waals surface area contributed by atoms with E-state index in [4.69, 9.17) is 16.0 Å². The van der Waals surface area contributed by atoms with Crippen LogP contribution >= 0.6 is 11.6 Å². The van der Waals surface area contributed by atoms with E-state index in [1.807, 2.05) is 31.2 Å². The van der Waals surface area contributed by atoms with Crippen LogP contribution in [0.25, 0.3) is 11.5 Å². The molecule has 5 nitrogen and oxygen atoms in total. The number of nitrogens with one attached hydrogen (secondary N) is 1. The maximum Gasteiger partial charge on any atom is 0.247 e. The largest absolute Gasteiger partial charge is 0.421 e. The van der Waals surface area contributed by atoms with Crippen molar-refractivity contribution in [3.05, 3.63) is 65.0 Å². The van der Waals surface area contributed by atoms with Crippen LogP contribution in [0.2, 0.25) is 5.02 Å². The number of hydrogen-bond acceptors (Lipinski definition) is 4. The highest BCUT2D eigenvalue weighted by Crippen LogP contribution is 2.22. The molecule has 1 aromatic heterocycles. The maximum absolute atomic E-state index is 12.0. The predicted molar refractivity (Wildman–Crippen MR) is 92.9 cm³/mol. The van der Waals surface area contributed by atoms with E-state index < -0.39 is 0 Å². The lowest BCUT2D eigenvalue weighted by molar-refractivity contribution is -0.116. The molecule has 0 saturated carbocycles. The lowest BCUT2D eigenvalue weighted by Crippen LogP contribution is -2.12. The van der Waals surface area contributed by atoms with Gasteiger partial charge >= 0.3 is 0 Å². The highest BCUT2D eigenvalue weighted by Gasteiger charge is 2.12. The maximum atomic E-state index is 12.0. The SMILES string of the molecule is Cc1ccccc1-c1nnc(CCC(=O)Nc2ccc(Cl)cc2)o1. The summed E-state index contributed by atoms with van der Waals surface area (Å²) in [4.78, 5) is 12.0. The molecule has 0 aliphatic carbocycles. The third kappa shape index (κ3) is 4.00. The van der Waals surface area contributed by atoms with E-state index in [0.29, 0.717) is 28.9 Å². The summed E-state index contributed by atoms with van der Waals surface area (Å²) in [6.07, 6.45) is 0.649. The number of benzene rings is 2. The molecule has 0 atom stereocenters. The number of aromatic nitrogens is 2. The summed E-state index contributed by atoms with van der Waals surface area (Å²) in [5.74, 6) is 0.800. The Morgan fingerprint density at radius 1 is 1.12 bits per heavy atom. The molecule has 0 aliphatic heterocycles. The van der Waals surface area contributed by atoms with E-state index in [1.165, 1.54) is 0 Å². The van der Waals surface area contributed by atoms with E-state index in [-0.39, 0.29) is 12.3 Å². The fourth-order valence-electron chi connectivity index (χ4n) is 2.25. The first-order chi connectivity index (χ1) is 11.6. The first-order valence-electron chi connectivity index (χ1n) is 7.55. The van der Waals surface area contributed by atoms with Crippen LogP contribution in [0.5, 0.6) is 0 Å². The fourth-order valence-corrected chi connectivity index (χ4v) is 2.38. The molecule has 122 valence electrons. The number of rotatable bonds is 5. The highest BCUT2D eigenvalue weighted by molar-refractivity contribution is 6.30. The van der Waals surface area contributed by atoms with Crippen LogP contribution in [-0.4, -0.2) is 16.1 Å². The third-order valence-electron chi connectivity index (χ3n) is 3.54. The van der Waals surface area contributed by atoms with Crippen LogP contribution in [0, 0.1) is 6.92 Å². The zero-order chi connectivity index (χ0) is 16.9. The van der Waals surface area contributed by atoms with Crippen molar-refractivity contribution in [1.29, 1.82) is 0 Å². The molecule has 0 saturated heterocycles. The Kier molecular flexibility index (Phi) is 4.91. The number of hydrogen-bond donors (Lipinski definition) is 1. The van der Waals surface area contributed by atoms with Gasteiger partial charge in [0.2, 0.25) is 17.7 Å². The lowest BCUT2D eigenvalue weighted by atomic mass is 10.1. The zero-order valence-corrected chi connectivity index (χ0v) is 13.9. The van der Waals surface area contributed by atoms with Crippen molar-refractivity contribution in [2.45, 2.75) is 19.8 Å². The minimum absolute atomic E-state index is 0.118. The van der Waals surface area contributed by atoms with Crippen molar-refractivity contribution in [2.75, 3.05) is 5.32 Å². The van der Waals surface area contributed by atoms with Crippen molar-refractivity contribution < 1.29 is 9.21 Å². The Hall–Kier alpha value is -2.66. The van der Waals surface area contributed by atoms with Crippen LogP contribution in [0.4, 0.5) is 5.69 Å². The van der Waals surface area contributed by atoms with Gasteiger partial charge in [-0.3, -0.25) is 4.79 Å². The molecule has 6 heteroatoms. The summed E-state index contributed by atoms with van der Waals surface area (Å²) in [5.41, 5.74) is 2.67. The first kappa shape index (κ1) is 16.2. The molecule has 1 N–H and O–H groups in total. The normalized spacial score (nSPS) is 10.6. The Balaban J connectivity index is 1.58. The molecule has 0 fully saturated rings.